The van der Waals surface area contributed by atoms with Gasteiger partial charge in [0.05, 0.1) is 11.8 Å². The molecule has 2 aromatic carbocycles. The molecule has 6 nitrogen and oxygen atoms in total. The smallest absolute Gasteiger partial charge is 0.231 e. The molecule has 0 aliphatic carbocycles. The van der Waals surface area contributed by atoms with E-state index in [1.165, 1.54) is 11.8 Å². The summed E-state index contributed by atoms with van der Waals surface area (Å²) in [5, 5.41) is 22.1. The lowest BCUT2D eigenvalue weighted by Crippen LogP contribution is -2.49. The number of nitrogens with zero attached hydrogens (tertiary/aromatic N) is 4. The Morgan fingerprint density at radius 1 is 1.20 bits per heavy atom. The van der Waals surface area contributed by atoms with Crippen molar-refractivity contribution in [2.45, 2.75) is 31.5 Å². The van der Waals surface area contributed by atoms with E-state index in [0.717, 1.165) is 11.3 Å². The molecule has 0 aliphatic rings. The van der Waals surface area contributed by atoms with Gasteiger partial charge in [0.1, 0.15) is 5.54 Å². The summed E-state index contributed by atoms with van der Waals surface area (Å²) in [6, 6.07) is 19.3. The zero-order chi connectivity index (χ0) is 21.7. The van der Waals surface area contributed by atoms with Gasteiger partial charge in [0.25, 0.3) is 0 Å². The largest absolute Gasteiger partial charge is 0.337 e. The minimum Gasteiger partial charge on any atom is -0.337 e. The summed E-state index contributed by atoms with van der Waals surface area (Å²) in [4.78, 5) is 12.5. The molecular weight excluding hydrogens is 418 g/mol. The summed E-state index contributed by atoms with van der Waals surface area (Å²) < 4.78 is 1.90. The van der Waals surface area contributed by atoms with Gasteiger partial charge in [0.15, 0.2) is 11.0 Å². The molecule has 0 radical (unpaired) electrons. The quantitative estimate of drug-likeness (QED) is 0.538. The molecule has 8 heteroatoms. The Kier molecular flexibility index (Phi) is 6.80. The van der Waals surface area contributed by atoms with Crippen LogP contribution in [0.25, 0.3) is 17.1 Å². The fourth-order valence-corrected chi connectivity index (χ4v) is 3.60. The summed E-state index contributed by atoms with van der Waals surface area (Å²) in [5.41, 5.74) is 0.833. The number of amides is 1. The van der Waals surface area contributed by atoms with Crippen LogP contribution < -0.4 is 5.32 Å². The number of hydrogen-bond acceptors (Lipinski definition) is 5. The molecule has 1 amide bonds. The highest BCUT2D eigenvalue weighted by atomic mass is 35.5. The van der Waals surface area contributed by atoms with E-state index in [1.54, 1.807) is 19.1 Å². The fraction of sp³-hybridized carbons (Fsp3) is 0.273. The number of halogens is 1. The first-order chi connectivity index (χ1) is 14.3. The van der Waals surface area contributed by atoms with Crippen molar-refractivity contribution in [2.75, 3.05) is 5.75 Å². The third kappa shape index (κ3) is 4.84. The minimum atomic E-state index is -0.920. The molecule has 30 heavy (non-hydrogen) atoms. The topological polar surface area (TPSA) is 83.6 Å². The van der Waals surface area contributed by atoms with E-state index in [-0.39, 0.29) is 17.6 Å². The minimum absolute atomic E-state index is 0.0150. The normalized spacial score (nSPS) is 12.9. The van der Waals surface area contributed by atoms with Crippen molar-refractivity contribution in [3.63, 3.8) is 0 Å². The van der Waals surface area contributed by atoms with Crippen molar-refractivity contribution in [2.24, 2.45) is 5.92 Å². The van der Waals surface area contributed by atoms with Crippen LogP contribution in [0.2, 0.25) is 5.02 Å². The second-order valence-corrected chi connectivity index (χ2v) is 8.67. The molecule has 3 aromatic rings. The van der Waals surface area contributed by atoms with Crippen LogP contribution in [-0.2, 0) is 4.79 Å². The van der Waals surface area contributed by atoms with Crippen LogP contribution in [0.5, 0.6) is 0 Å². The van der Waals surface area contributed by atoms with Gasteiger partial charge in [-0.15, -0.1) is 10.2 Å². The zero-order valence-electron chi connectivity index (χ0n) is 17.0. The predicted molar refractivity (Wildman–Crippen MR) is 120 cm³/mol. The molecule has 3 rings (SSSR count). The van der Waals surface area contributed by atoms with Gasteiger partial charge in [-0.05, 0) is 37.1 Å². The molecule has 0 fully saturated rings. The highest BCUT2D eigenvalue weighted by molar-refractivity contribution is 7.99. The monoisotopic (exact) mass is 439 g/mol. The number of nitrogens with one attached hydrogen (secondary N) is 1. The van der Waals surface area contributed by atoms with Crippen molar-refractivity contribution < 1.29 is 4.79 Å². The van der Waals surface area contributed by atoms with Crippen LogP contribution in [0.3, 0.4) is 0 Å². The van der Waals surface area contributed by atoms with Crippen LogP contribution in [0.15, 0.2) is 59.8 Å². The highest BCUT2D eigenvalue weighted by Crippen LogP contribution is 2.28. The molecule has 1 unspecified atom stereocenters. The number of benzene rings is 2. The lowest BCUT2D eigenvalue weighted by atomic mass is 9.90. The van der Waals surface area contributed by atoms with E-state index in [1.807, 2.05) is 60.9 Å². The Labute approximate surface area is 185 Å². The number of thioether (sulfide) groups is 1. The first-order valence-electron chi connectivity index (χ1n) is 9.46. The van der Waals surface area contributed by atoms with E-state index >= 15 is 0 Å². The average molecular weight is 440 g/mol. The van der Waals surface area contributed by atoms with Crippen LogP contribution in [0.1, 0.15) is 20.8 Å². The summed E-state index contributed by atoms with van der Waals surface area (Å²) >= 11 is 7.32. The molecule has 0 aliphatic heterocycles. The molecule has 1 atom stereocenters. The molecule has 0 saturated heterocycles. The molecule has 0 spiro atoms. The van der Waals surface area contributed by atoms with Crippen LogP contribution in [-0.4, -0.2) is 32.0 Å². The van der Waals surface area contributed by atoms with Gasteiger partial charge in [-0.2, -0.15) is 5.26 Å². The van der Waals surface area contributed by atoms with Crippen molar-refractivity contribution in [1.82, 2.24) is 20.1 Å². The van der Waals surface area contributed by atoms with Gasteiger partial charge in [-0.3, -0.25) is 9.36 Å². The summed E-state index contributed by atoms with van der Waals surface area (Å²) in [6.45, 7) is 5.53. The number of hydrogen-bond donors (Lipinski definition) is 1. The Morgan fingerprint density at radius 2 is 1.87 bits per heavy atom. The van der Waals surface area contributed by atoms with Gasteiger partial charge in [0.2, 0.25) is 5.91 Å². The molecule has 0 saturated carbocycles. The number of carbonyl (C=O) groups is 1. The Balaban J connectivity index is 1.88. The second-order valence-electron chi connectivity index (χ2n) is 7.29. The standard InChI is InChI=1S/C22H22ClN5OS/c1-15(2)22(3,14-24)25-19(29)13-30-21-27-26-20(16-7-5-4-6-8-16)28(21)18-11-9-17(23)10-12-18/h4-12,15H,13H2,1-3H3,(H,25,29). The number of rotatable bonds is 7. The Bertz CT molecular complexity index is 1060. The van der Waals surface area contributed by atoms with Crippen molar-refractivity contribution >= 4 is 29.3 Å². The molecule has 0 bridgehead atoms. The zero-order valence-corrected chi connectivity index (χ0v) is 18.5. The van der Waals surface area contributed by atoms with E-state index in [4.69, 9.17) is 11.6 Å². The fourth-order valence-electron chi connectivity index (χ4n) is 2.72. The maximum Gasteiger partial charge on any atom is 0.231 e. The first kappa shape index (κ1) is 21.9. The molecular formula is C22H22ClN5OS. The van der Waals surface area contributed by atoms with Crippen LogP contribution in [0, 0.1) is 17.2 Å². The van der Waals surface area contributed by atoms with E-state index < -0.39 is 5.54 Å². The van der Waals surface area contributed by atoms with E-state index in [2.05, 4.69) is 21.6 Å². The first-order valence-corrected chi connectivity index (χ1v) is 10.8. The third-order valence-corrected chi connectivity index (χ3v) is 6.05. The SMILES string of the molecule is CC(C)C(C)(C#N)NC(=O)CSc1nnc(-c2ccccc2)n1-c1ccc(Cl)cc1. The van der Waals surface area contributed by atoms with Crippen LogP contribution >= 0.6 is 23.4 Å². The maximum absolute atomic E-state index is 12.5. The summed E-state index contributed by atoms with van der Waals surface area (Å²) in [7, 11) is 0. The molecule has 1 heterocycles. The summed E-state index contributed by atoms with van der Waals surface area (Å²) in [6.07, 6.45) is 0. The Morgan fingerprint density at radius 3 is 2.47 bits per heavy atom. The average Bonchev–Trinajstić information content (AvgIpc) is 3.17. The van der Waals surface area contributed by atoms with Gasteiger partial charge < -0.3 is 5.32 Å². The van der Waals surface area contributed by atoms with E-state index in [9.17, 15) is 10.1 Å². The number of carbonyl (C=O) groups excluding carboxylic acids is 1. The molecule has 154 valence electrons. The van der Waals surface area contributed by atoms with Crippen molar-refractivity contribution in [3.05, 3.63) is 59.6 Å². The van der Waals surface area contributed by atoms with Crippen LogP contribution in [0.4, 0.5) is 0 Å². The van der Waals surface area contributed by atoms with Crippen molar-refractivity contribution in [1.29, 1.82) is 5.26 Å². The predicted octanol–water partition coefficient (Wildman–Crippen LogP) is 4.73. The lowest BCUT2D eigenvalue weighted by Gasteiger charge is -2.27. The highest BCUT2D eigenvalue weighted by Gasteiger charge is 2.30. The van der Waals surface area contributed by atoms with Gasteiger partial charge in [-0.25, -0.2) is 0 Å². The van der Waals surface area contributed by atoms with Crippen molar-refractivity contribution in [3.8, 4) is 23.1 Å². The summed E-state index contributed by atoms with van der Waals surface area (Å²) in [5.74, 6) is 0.540. The third-order valence-electron chi connectivity index (χ3n) is 4.87. The molecule has 1 aromatic heterocycles. The van der Waals surface area contributed by atoms with Gasteiger partial charge in [0, 0.05) is 16.3 Å². The van der Waals surface area contributed by atoms with Gasteiger partial charge >= 0.3 is 0 Å². The number of aromatic nitrogens is 3. The molecule has 1 N–H and O–H groups in total. The maximum atomic E-state index is 12.5. The number of nitriles is 1. The van der Waals surface area contributed by atoms with E-state index in [0.29, 0.717) is 16.0 Å². The van der Waals surface area contributed by atoms with Gasteiger partial charge in [-0.1, -0.05) is 67.5 Å². The lowest BCUT2D eigenvalue weighted by molar-refractivity contribution is -0.120. The Hall–Kier alpha value is -2.82. The second kappa shape index (κ2) is 9.33.